The Balaban J connectivity index is 2.20. The van der Waals surface area contributed by atoms with Crippen molar-refractivity contribution >= 4 is 5.97 Å². The summed E-state index contributed by atoms with van der Waals surface area (Å²) in [5.41, 5.74) is 1.19. The third-order valence-corrected chi connectivity index (χ3v) is 2.93. The van der Waals surface area contributed by atoms with Gasteiger partial charge in [0.15, 0.2) is 0 Å². The highest BCUT2D eigenvalue weighted by Gasteiger charge is 2.12. The number of esters is 1. The number of carbonyl (C=O) groups is 1. The van der Waals surface area contributed by atoms with E-state index < -0.39 is 6.10 Å². The first-order valence-corrected chi connectivity index (χ1v) is 7.27. The molecule has 0 spiro atoms. The lowest BCUT2D eigenvalue weighted by molar-refractivity contribution is -0.145. The van der Waals surface area contributed by atoms with Gasteiger partial charge in [0.05, 0.1) is 19.1 Å². The van der Waals surface area contributed by atoms with E-state index in [9.17, 15) is 9.90 Å². The summed E-state index contributed by atoms with van der Waals surface area (Å²) in [6.07, 6.45) is -0.738. The van der Waals surface area contributed by atoms with Crippen molar-refractivity contribution in [1.29, 1.82) is 0 Å². The lowest BCUT2D eigenvalue weighted by Crippen LogP contribution is -2.38. The summed E-state index contributed by atoms with van der Waals surface area (Å²) < 4.78 is 10.4. The van der Waals surface area contributed by atoms with Gasteiger partial charge in [0, 0.05) is 12.6 Å². The van der Waals surface area contributed by atoms with Crippen molar-refractivity contribution in [2.45, 2.75) is 39.3 Å². The van der Waals surface area contributed by atoms with E-state index in [1.807, 2.05) is 38.1 Å². The molecule has 0 aliphatic rings. The molecule has 21 heavy (non-hydrogen) atoms. The van der Waals surface area contributed by atoms with Crippen LogP contribution in [0.5, 0.6) is 5.75 Å². The Bertz CT molecular complexity index is 419. The Morgan fingerprint density at radius 1 is 1.33 bits per heavy atom. The van der Waals surface area contributed by atoms with Crippen LogP contribution in [0.2, 0.25) is 0 Å². The average Bonchev–Trinajstić information content (AvgIpc) is 2.44. The second kappa shape index (κ2) is 9.37. The van der Waals surface area contributed by atoms with E-state index in [2.05, 4.69) is 5.32 Å². The molecule has 0 aliphatic heterocycles. The van der Waals surface area contributed by atoms with Gasteiger partial charge in [0.25, 0.3) is 0 Å². The topological polar surface area (TPSA) is 67.8 Å². The van der Waals surface area contributed by atoms with Crippen LogP contribution in [0.15, 0.2) is 24.3 Å². The van der Waals surface area contributed by atoms with Gasteiger partial charge >= 0.3 is 5.97 Å². The molecule has 1 aromatic carbocycles. The molecule has 0 amide bonds. The van der Waals surface area contributed by atoms with Gasteiger partial charge in [0.1, 0.15) is 12.4 Å². The molecule has 0 heterocycles. The molecule has 118 valence electrons. The van der Waals surface area contributed by atoms with E-state index >= 15 is 0 Å². The molecule has 0 fully saturated rings. The predicted octanol–water partition coefficient (Wildman–Crippen LogP) is 1.67. The SMILES string of the molecule is CCOC(=O)CC(O)CNC(C)COc1ccc(C)cc1. The normalized spacial score (nSPS) is 13.5. The Morgan fingerprint density at radius 2 is 2.00 bits per heavy atom. The van der Waals surface area contributed by atoms with Crippen LogP contribution in [0.25, 0.3) is 0 Å². The number of nitrogens with one attached hydrogen (secondary N) is 1. The first-order chi connectivity index (χ1) is 10.0. The van der Waals surface area contributed by atoms with Crippen LogP contribution < -0.4 is 10.1 Å². The second-order valence-corrected chi connectivity index (χ2v) is 5.10. The van der Waals surface area contributed by atoms with E-state index in [0.717, 1.165) is 5.75 Å². The van der Waals surface area contributed by atoms with Crippen molar-refractivity contribution in [3.63, 3.8) is 0 Å². The highest BCUT2D eigenvalue weighted by atomic mass is 16.5. The van der Waals surface area contributed by atoms with Crippen LogP contribution in [0.3, 0.4) is 0 Å². The minimum absolute atomic E-state index is 0.00633. The maximum Gasteiger partial charge on any atom is 0.308 e. The van der Waals surface area contributed by atoms with Crippen molar-refractivity contribution in [1.82, 2.24) is 5.32 Å². The van der Waals surface area contributed by atoms with Crippen molar-refractivity contribution in [3.8, 4) is 5.75 Å². The largest absolute Gasteiger partial charge is 0.492 e. The zero-order valence-electron chi connectivity index (χ0n) is 13.0. The summed E-state index contributed by atoms with van der Waals surface area (Å²) >= 11 is 0. The molecule has 1 aromatic rings. The van der Waals surface area contributed by atoms with Gasteiger partial charge in [-0.1, -0.05) is 17.7 Å². The predicted molar refractivity (Wildman–Crippen MR) is 81.4 cm³/mol. The number of aliphatic hydroxyl groups excluding tert-OH is 1. The van der Waals surface area contributed by atoms with Crippen molar-refractivity contribution in [2.75, 3.05) is 19.8 Å². The molecule has 0 radical (unpaired) electrons. The summed E-state index contributed by atoms with van der Waals surface area (Å²) in [5.74, 6) is 0.441. The van der Waals surface area contributed by atoms with Gasteiger partial charge in [-0.3, -0.25) is 4.79 Å². The summed E-state index contributed by atoms with van der Waals surface area (Å²) in [6, 6.07) is 7.92. The van der Waals surface area contributed by atoms with Crippen LogP contribution in [0.4, 0.5) is 0 Å². The third-order valence-electron chi connectivity index (χ3n) is 2.93. The van der Waals surface area contributed by atoms with Crippen molar-refractivity contribution in [3.05, 3.63) is 29.8 Å². The van der Waals surface area contributed by atoms with Gasteiger partial charge in [-0.25, -0.2) is 0 Å². The highest BCUT2D eigenvalue weighted by Crippen LogP contribution is 2.11. The van der Waals surface area contributed by atoms with Crippen molar-refractivity contribution < 1.29 is 19.4 Å². The molecule has 0 bridgehead atoms. The van der Waals surface area contributed by atoms with E-state index in [-0.39, 0.29) is 18.4 Å². The third kappa shape index (κ3) is 7.68. The quantitative estimate of drug-likeness (QED) is 0.678. The lowest BCUT2D eigenvalue weighted by atomic mass is 10.2. The van der Waals surface area contributed by atoms with Crippen molar-refractivity contribution in [2.24, 2.45) is 0 Å². The van der Waals surface area contributed by atoms with Gasteiger partial charge in [-0.05, 0) is 32.9 Å². The minimum atomic E-state index is -0.745. The van der Waals surface area contributed by atoms with E-state index in [1.165, 1.54) is 5.56 Å². The van der Waals surface area contributed by atoms with Crippen LogP contribution in [-0.2, 0) is 9.53 Å². The number of benzene rings is 1. The van der Waals surface area contributed by atoms with Crippen LogP contribution in [0, 0.1) is 6.92 Å². The maximum atomic E-state index is 11.2. The molecule has 0 aliphatic carbocycles. The summed E-state index contributed by atoms with van der Waals surface area (Å²) in [7, 11) is 0. The number of rotatable bonds is 9. The molecule has 2 N–H and O–H groups in total. The number of carbonyl (C=O) groups excluding carboxylic acids is 1. The number of hydrogen-bond donors (Lipinski definition) is 2. The number of ether oxygens (including phenoxy) is 2. The number of aryl methyl sites for hydroxylation is 1. The Morgan fingerprint density at radius 3 is 2.62 bits per heavy atom. The second-order valence-electron chi connectivity index (χ2n) is 5.10. The number of hydrogen-bond acceptors (Lipinski definition) is 5. The molecular formula is C16H25NO4. The highest BCUT2D eigenvalue weighted by molar-refractivity contribution is 5.69. The van der Waals surface area contributed by atoms with Gasteiger partial charge in [0.2, 0.25) is 0 Å². The first-order valence-electron chi connectivity index (χ1n) is 7.27. The van der Waals surface area contributed by atoms with Crippen LogP contribution >= 0.6 is 0 Å². The molecule has 5 heteroatoms. The van der Waals surface area contributed by atoms with Gasteiger partial charge in [-0.2, -0.15) is 0 Å². The zero-order chi connectivity index (χ0) is 15.7. The fourth-order valence-corrected chi connectivity index (χ4v) is 1.74. The van der Waals surface area contributed by atoms with E-state index in [0.29, 0.717) is 19.8 Å². The van der Waals surface area contributed by atoms with E-state index in [1.54, 1.807) is 6.92 Å². The Hall–Kier alpha value is -1.59. The average molecular weight is 295 g/mol. The monoisotopic (exact) mass is 295 g/mol. The fourth-order valence-electron chi connectivity index (χ4n) is 1.74. The molecule has 0 saturated carbocycles. The smallest absolute Gasteiger partial charge is 0.308 e. The molecule has 0 saturated heterocycles. The maximum absolute atomic E-state index is 11.2. The summed E-state index contributed by atoms with van der Waals surface area (Å²) in [4.78, 5) is 11.2. The van der Waals surface area contributed by atoms with E-state index in [4.69, 9.17) is 9.47 Å². The molecule has 1 rings (SSSR count). The summed E-state index contributed by atoms with van der Waals surface area (Å²) in [6.45, 7) is 6.89. The summed E-state index contributed by atoms with van der Waals surface area (Å²) in [5, 5.41) is 12.8. The van der Waals surface area contributed by atoms with Gasteiger partial charge < -0.3 is 19.9 Å². The lowest BCUT2D eigenvalue weighted by Gasteiger charge is -2.17. The molecular weight excluding hydrogens is 270 g/mol. The zero-order valence-corrected chi connectivity index (χ0v) is 13.0. The standard InChI is InChI=1S/C16H25NO4/c1-4-20-16(19)9-14(18)10-17-13(3)11-21-15-7-5-12(2)6-8-15/h5-8,13-14,17-18H,4,9-11H2,1-3H3. The molecule has 2 atom stereocenters. The Labute approximate surface area is 126 Å². The Kier molecular flexibility index (Phi) is 7.79. The first kappa shape index (κ1) is 17.5. The molecule has 5 nitrogen and oxygen atoms in total. The minimum Gasteiger partial charge on any atom is -0.492 e. The number of aliphatic hydroxyl groups is 1. The molecule has 2 unspecified atom stereocenters. The van der Waals surface area contributed by atoms with Crippen LogP contribution in [0.1, 0.15) is 25.8 Å². The fraction of sp³-hybridized carbons (Fsp3) is 0.562. The molecule has 0 aromatic heterocycles. The van der Waals surface area contributed by atoms with Crippen LogP contribution in [-0.4, -0.2) is 43.0 Å². The van der Waals surface area contributed by atoms with Gasteiger partial charge in [-0.15, -0.1) is 0 Å².